The maximum Gasteiger partial charge on any atom is 0.265 e. The van der Waals surface area contributed by atoms with Crippen LogP contribution in [-0.4, -0.2) is 10.5 Å². The van der Waals surface area contributed by atoms with Crippen molar-refractivity contribution in [1.29, 1.82) is 0 Å². The van der Waals surface area contributed by atoms with E-state index in [0.29, 0.717) is 5.69 Å². The predicted octanol–water partition coefficient (Wildman–Crippen LogP) is 2.15. The molecule has 2 aromatic rings. The van der Waals surface area contributed by atoms with Crippen LogP contribution in [0.2, 0.25) is 0 Å². The molecule has 1 aromatic heterocycles. The Morgan fingerprint density at radius 2 is 2.13 bits per heavy atom. The number of hydrogen-bond donors (Lipinski definition) is 1. The number of fused-ring (bicyclic) bond motifs is 1. The van der Waals surface area contributed by atoms with E-state index in [0.717, 1.165) is 23.9 Å². The molecule has 0 aliphatic rings. The standard InChI is InChI=1S/C12H14N2O/c1-2-7-14-10-6-4-3-5-9(10)8-11(14)12(13)15/h3-6,8H,2,7H2,1H3,(H2,13,15). The largest absolute Gasteiger partial charge is 0.364 e. The molecule has 0 atom stereocenters. The zero-order chi connectivity index (χ0) is 10.8. The molecule has 1 heterocycles. The summed E-state index contributed by atoms with van der Waals surface area (Å²) in [5, 5.41) is 1.07. The molecular formula is C12H14N2O. The van der Waals surface area contributed by atoms with Crippen molar-refractivity contribution < 1.29 is 4.79 Å². The van der Waals surface area contributed by atoms with E-state index in [4.69, 9.17) is 5.73 Å². The zero-order valence-electron chi connectivity index (χ0n) is 8.73. The minimum absolute atomic E-state index is 0.361. The molecule has 3 nitrogen and oxygen atoms in total. The molecule has 1 amide bonds. The number of benzene rings is 1. The first-order valence-electron chi connectivity index (χ1n) is 5.12. The maximum atomic E-state index is 11.3. The minimum Gasteiger partial charge on any atom is -0.364 e. The quantitative estimate of drug-likeness (QED) is 0.814. The lowest BCUT2D eigenvalue weighted by Gasteiger charge is -2.06. The number of hydrogen-bond acceptors (Lipinski definition) is 1. The van der Waals surface area contributed by atoms with Crippen LogP contribution in [0.3, 0.4) is 0 Å². The van der Waals surface area contributed by atoms with Gasteiger partial charge in [0.1, 0.15) is 5.69 Å². The topological polar surface area (TPSA) is 48.0 Å². The first-order chi connectivity index (χ1) is 7.24. The monoisotopic (exact) mass is 202 g/mol. The lowest BCUT2D eigenvalue weighted by atomic mass is 10.2. The van der Waals surface area contributed by atoms with Crippen LogP contribution in [0.5, 0.6) is 0 Å². The second-order valence-electron chi connectivity index (χ2n) is 3.60. The van der Waals surface area contributed by atoms with Crippen molar-refractivity contribution in [3.05, 3.63) is 36.0 Å². The number of nitrogens with zero attached hydrogens (tertiary/aromatic N) is 1. The Hall–Kier alpha value is -1.77. The summed E-state index contributed by atoms with van der Waals surface area (Å²) in [5.41, 5.74) is 7.02. The third kappa shape index (κ3) is 1.61. The molecule has 15 heavy (non-hydrogen) atoms. The fraction of sp³-hybridized carbons (Fsp3) is 0.250. The minimum atomic E-state index is -0.361. The summed E-state index contributed by atoms with van der Waals surface area (Å²) >= 11 is 0. The summed E-state index contributed by atoms with van der Waals surface area (Å²) in [6.45, 7) is 2.91. The van der Waals surface area contributed by atoms with Crippen LogP contribution in [0.4, 0.5) is 0 Å². The van der Waals surface area contributed by atoms with Crippen molar-refractivity contribution in [2.75, 3.05) is 0 Å². The molecule has 0 saturated carbocycles. The lowest BCUT2D eigenvalue weighted by molar-refractivity contribution is 0.0992. The van der Waals surface area contributed by atoms with Gasteiger partial charge in [-0.15, -0.1) is 0 Å². The molecule has 2 N–H and O–H groups in total. The van der Waals surface area contributed by atoms with Gasteiger partial charge < -0.3 is 10.3 Å². The SMILES string of the molecule is CCCn1c(C(N)=O)cc2ccccc21. The normalized spacial score (nSPS) is 10.7. The van der Waals surface area contributed by atoms with Crippen molar-refractivity contribution in [3.8, 4) is 0 Å². The third-order valence-electron chi connectivity index (χ3n) is 2.51. The van der Waals surface area contributed by atoms with E-state index >= 15 is 0 Å². The first-order valence-corrected chi connectivity index (χ1v) is 5.12. The second-order valence-corrected chi connectivity index (χ2v) is 3.60. The van der Waals surface area contributed by atoms with Gasteiger partial charge in [-0.2, -0.15) is 0 Å². The Morgan fingerprint density at radius 1 is 1.40 bits per heavy atom. The molecule has 0 spiro atoms. The van der Waals surface area contributed by atoms with Gasteiger partial charge >= 0.3 is 0 Å². The number of rotatable bonds is 3. The number of para-hydroxylation sites is 1. The maximum absolute atomic E-state index is 11.3. The Labute approximate surface area is 88.5 Å². The van der Waals surface area contributed by atoms with Crippen LogP contribution in [0, 0.1) is 0 Å². The van der Waals surface area contributed by atoms with Crippen molar-refractivity contribution in [2.45, 2.75) is 19.9 Å². The molecule has 2 rings (SSSR count). The molecule has 0 fully saturated rings. The van der Waals surface area contributed by atoms with Crippen LogP contribution in [0.15, 0.2) is 30.3 Å². The van der Waals surface area contributed by atoms with E-state index in [1.165, 1.54) is 0 Å². The molecule has 0 unspecified atom stereocenters. The fourth-order valence-corrected chi connectivity index (χ4v) is 1.88. The third-order valence-corrected chi connectivity index (χ3v) is 2.51. The van der Waals surface area contributed by atoms with E-state index < -0.39 is 0 Å². The van der Waals surface area contributed by atoms with E-state index in [2.05, 4.69) is 6.92 Å². The van der Waals surface area contributed by atoms with Gasteiger partial charge in [-0.1, -0.05) is 25.1 Å². The number of aromatic nitrogens is 1. The number of nitrogens with two attached hydrogens (primary N) is 1. The van der Waals surface area contributed by atoms with Crippen molar-refractivity contribution in [2.24, 2.45) is 5.73 Å². The molecule has 0 aliphatic heterocycles. The summed E-state index contributed by atoms with van der Waals surface area (Å²) in [7, 11) is 0. The average Bonchev–Trinajstić information content (AvgIpc) is 2.58. The fourth-order valence-electron chi connectivity index (χ4n) is 1.88. The average molecular weight is 202 g/mol. The molecule has 0 saturated heterocycles. The molecule has 3 heteroatoms. The summed E-state index contributed by atoms with van der Waals surface area (Å²) in [5.74, 6) is -0.361. The smallest absolute Gasteiger partial charge is 0.265 e. The highest BCUT2D eigenvalue weighted by molar-refractivity contribution is 5.97. The Kier molecular flexibility index (Phi) is 2.46. The number of aryl methyl sites for hydroxylation is 1. The van der Waals surface area contributed by atoms with Crippen molar-refractivity contribution in [1.82, 2.24) is 4.57 Å². The highest BCUT2D eigenvalue weighted by Crippen LogP contribution is 2.19. The summed E-state index contributed by atoms with van der Waals surface area (Å²) < 4.78 is 1.98. The van der Waals surface area contributed by atoms with Gasteiger partial charge in [-0.05, 0) is 18.6 Å². The van der Waals surface area contributed by atoms with Crippen molar-refractivity contribution in [3.63, 3.8) is 0 Å². The van der Waals surface area contributed by atoms with Gasteiger partial charge in [-0.25, -0.2) is 0 Å². The van der Waals surface area contributed by atoms with Crippen LogP contribution in [0.25, 0.3) is 10.9 Å². The molecule has 0 bridgehead atoms. The van der Waals surface area contributed by atoms with Gasteiger partial charge in [0.15, 0.2) is 0 Å². The number of amides is 1. The van der Waals surface area contributed by atoms with E-state index in [-0.39, 0.29) is 5.91 Å². The highest BCUT2D eigenvalue weighted by atomic mass is 16.1. The van der Waals surface area contributed by atoms with Gasteiger partial charge in [0.2, 0.25) is 0 Å². The Bertz CT molecular complexity index is 499. The first kappa shape index (κ1) is 9.77. The van der Waals surface area contributed by atoms with Gasteiger partial charge in [-0.3, -0.25) is 4.79 Å². The van der Waals surface area contributed by atoms with E-state index in [1.54, 1.807) is 0 Å². The molecule has 1 aromatic carbocycles. The summed E-state index contributed by atoms with van der Waals surface area (Å²) in [6.07, 6.45) is 0.985. The number of carbonyl (C=O) groups excluding carboxylic acids is 1. The molecule has 0 radical (unpaired) electrons. The van der Waals surface area contributed by atoms with Crippen LogP contribution in [-0.2, 0) is 6.54 Å². The predicted molar refractivity (Wildman–Crippen MR) is 60.7 cm³/mol. The van der Waals surface area contributed by atoms with Crippen molar-refractivity contribution >= 4 is 16.8 Å². The van der Waals surface area contributed by atoms with Crippen LogP contribution < -0.4 is 5.73 Å². The van der Waals surface area contributed by atoms with Crippen LogP contribution >= 0.6 is 0 Å². The van der Waals surface area contributed by atoms with Gasteiger partial charge in [0.05, 0.1) is 0 Å². The lowest BCUT2D eigenvalue weighted by Crippen LogP contribution is -2.16. The molecular weight excluding hydrogens is 188 g/mol. The number of carbonyl (C=O) groups is 1. The van der Waals surface area contributed by atoms with E-state index in [1.807, 2.05) is 34.9 Å². The van der Waals surface area contributed by atoms with E-state index in [9.17, 15) is 4.79 Å². The van der Waals surface area contributed by atoms with Gasteiger partial charge in [0, 0.05) is 17.4 Å². The van der Waals surface area contributed by atoms with Gasteiger partial charge in [0.25, 0.3) is 5.91 Å². The Morgan fingerprint density at radius 3 is 2.80 bits per heavy atom. The zero-order valence-corrected chi connectivity index (χ0v) is 8.73. The highest BCUT2D eigenvalue weighted by Gasteiger charge is 2.11. The molecule has 78 valence electrons. The second kappa shape index (κ2) is 3.77. The van der Waals surface area contributed by atoms with Crippen LogP contribution in [0.1, 0.15) is 23.8 Å². The Balaban J connectivity index is 2.68. The summed E-state index contributed by atoms with van der Waals surface area (Å²) in [4.78, 5) is 11.3. The summed E-state index contributed by atoms with van der Waals surface area (Å²) in [6, 6.07) is 9.79. The number of primary amides is 1. The molecule has 0 aliphatic carbocycles.